The van der Waals surface area contributed by atoms with Gasteiger partial charge in [-0.3, -0.25) is 0 Å². The van der Waals surface area contributed by atoms with E-state index in [4.69, 9.17) is 4.74 Å². The van der Waals surface area contributed by atoms with Crippen LogP contribution in [0.2, 0.25) is 0 Å². The summed E-state index contributed by atoms with van der Waals surface area (Å²) in [7, 11) is 9.40. The highest BCUT2D eigenvalue weighted by Crippen LogP contribution is 2.33. The van der Waals surface area contributed by atoms with Crippen LogP contribution in [0.4, 0.5) is 10.5 Å². The van der Waals surface area contributed by atoms with Gasteiger partial charge >= 0.3 is 6.09 Å². The molecular weight excluding hydrogens is 379 g/mol. The summed E-state index contributed by atoms with van der Waals surface area (Å²) in [5.74, 6) is 1.06. The molecular formula is C16H27IN2O2. The minimum absolute atomic E-state index is 0. The van der Waals surface area contributed by atoms with Crippen LogP contribution in [0.5, 0.6) is 5.75 Å². The summed E-state index contributed by atoms with van der Waals surface area (Å²) in [6, 6.07) is 4.07. The molecule has 0 bridgehead atoms. The van der Waals surface area contributed by atoms with Crippen LogP contribution in [0.15, 0.2) is 12.1 Å². The first-order valence-electron chi connectivity index (χ1n) is 6.89. The first-order chi connectivity index (χ1) is 9.04. The first-order valence-corrected chi connectivity index (χ1v) is 6.89. The maximum Gasteiger partial charge on any atom is 0.520 e. The lowest BCUT2D eigenvalue weighted by Gasteiger charge is -2.24. The number of amides is 1. The smallest absolute Gasteiger partial charge is 0.520 e. The Hall–Kier alpha value is -0.820. The Labute approximate surface area is 145 Å². The highest BCUT2D eigenvalue weighted by atomic mass is 127. The van der Waals surface area contributed by atoms with Gasteiger partial charge in [0.1, 0.15) is 5.75 Å². The molecule has 0 aliphatic rings. The minimum atomic E-state index is -0.268. The second-order valence-corrected chi connectivity index (χ2v) is 6.61. The standard InChI is InChI=1S/C16H27N2O2.HI/c1-11(2)13-9-12(3)15(10-14(13)17(4)5)20-16(19)18(6,7)8;/h9-11H,1-8H3;1H/q+1;/p-1. The first kappa shape index (κ1) is 20.2. The second kappa shape index (κ2) is 7.45. The number of quaternary nitrogens is 1. The number of carbonyl (C=O) groups excluding carboxylic acids is 1. The zero-order valence-corrected chi connectivity index (χ0v) is 16.5. The van der Waals surface area contributed by atoms with Crippen LogP contribution < -0.4 is 33.6 Å². The Morgan fingerprint density at radius 2 is 1.71 bits per heavy atom. The van der Waals surface area contributed by atoms with Crippen molar-refractivity contribution >= 4 is 11.8 Å². The molecule has 1 aromatic carbocycles. The maximum absolute atomic E-state index is 12.0. The summed E-state index contributed by atoms with van der Waals surface area (Å²) in [5.41, 5.74) is 3.34. The van der Waals surface area contributed by atoms with E-state index in [2.05, 4.69) is 24.8 Å². The van der Waals surface area contributed by atoms with Crippen LogP contribution in [0.25, 0.3) is 0 Å². The van der Waals surface area contributed by atoms with Gasteiger partial charge < -0.3 is 33.6 Å². The molecule has 0 radical (unpaired) electrons. The molecule has 0 aliphatic carbocycles. The highest BCUT2D eigenvalue weighted by molar-refractivity contribution is 5.67. The fraction of sp³-hybridized carbons (Fsp3) is 0.562. The maximum atomic E-state index is 12.0. The van der Waals surface area contributed by atoms with Gasteiger partial charge in [0.25, 0.3) is 0 Å². The normalized spacial score (nSPS) is 11.1. The molecule has 0 saturated carbocycles. The number of aryl methyl sites for hydroxylation is 1. The fourth-order valence-corrected chi connectivity index (χ4v) is 1.89. The highest BCUT2D eigenvalue weighted by Gasteiger charge is 2.25. The van der Waals surface area contributed by atoms with Gasteiger partial charge in [-0.25, -0.2) is 4.48 Å². The van der Waals surface area contributed by atoms with E-state index < -0.39 is 0 Å². The largest absolute Gasteiger partial charge is 1.00 e. The van der Waals surface area contributed by atoms with Gasteiger partial charge in [-0.2, -0.15) is 4.79 Å². The number of benzene rings is 1. The number of anilines is 1. The van der Waals surface area contributed by atoms with Crippen molar-refractivity contribution < 1.29 is 38.0 Å². The molecule has 0 heterocycles. The fourth-order valence-electron chi connectivity index (χ4n) is 1.89. The third-order valence-electron chi connectivity index (χ3n) is 3.17. The van der Waals surface area contributed by atoms with Crippen LogP contribution >= 0.6 is 0 Å². The van der Waals surface area contributed by atoms with E-state index in [1.54, 1.807) is 21.1 Å². The Morgan fingerprint density at radius 1 is 1.19 bits per heavy atom. The average molecular weight is 406 g/mol. The molecule has 0 aliphatic heterocycles. The van der Waals surface area contributed by atoms with Crippen molar-refractivity contribution in [2.24, 2.45) is 0 Å². The van der Waals surface area contributed by atoms with E-state index >= 15 is 0 Å². The number of hydrogen-bond donors (Lipinski definition) is 0. The van der Waals surface area contributed by atoms with E-state index in [9.17, 15) is 4.79 Å². The summed E-state index contributed by atoms with van der Waals surface area (Å²) >= 11 is 0. The lowest BCUT2D eigenvalue weighted by molar-refractivity contribution is -0.793. The van der Waals surface area contributed by atoms with Crippen molar-refractivity contribution in [3.8, 4) is 5.75 Å². The molecule has 0 saturated heterocycles. The molecule has 1 aromatic rings. The van der Waals surface area contributed by atoms with Crippen molar-refractivity contribution in [2.75, 3.05) is 40.1 Å². The van der Waals surface area contributed by atoms with Crippen LogP contribution in [0, 0.1) is 6.92 Å². The number of nitrogens with zero attached hydrogens (tertiary/aromatic N) is 2. The summed E-state index contributed by atoms with van der Waals surface area (Å²) in [6.07, 6.45) is -0.268. The predicted octanol–water partition coefficient (Wildman–Crippen LogP) is 0.393. The third-order valence-corrected chi connectivity index (χ3v) is 3.17. The number of carbonyl (C=O) groups is 1. The van der Waals surface area contributed by atoms with Gasteiger partial charge in [0.2, 0.25) is 0 Å². The van der Waals surface area contributed by atoms with Gasteiger partial charge in [0, 0.05) is 25.8 Å². The van der Waals surface area contributed by atoms with Crippen LogP contribution in [0.3, 0.4) is 0 Å². The Bertz CT molecular complexity index is 506. The number of ether oxygens (including phenoxy) is 1. The van der Waals surface area contributed by atoms with Gasteiger partial charge in [-0.05, 0) is 24.0 Å². The molecule has 1 amide bonds. The molecule has 1 rings (SSSR count). The minimum Gasteiger partial charge on any atom is -1.00 e. The van der Waals surface area contributed by atoms with Crippen LogP contribution in [-0.4, -0.2) is 45.8 Å². The van der Waals surface area contributed by atoms with E-state index in [-0.39, 0.29) is 34.6 Å². The molecule has 120 valence electrons. The van der Waals surface area contributed by atoms with Crippen molar-refractivity contribution in [1.82, 2.24) is 0 Å². The van der Waals surface area contributed by atoms with Gasteiger partial charge in [0.05, 0.1) is 21.1 Å². The molecule has 0 fully saturated rings. The topological polar surface area (TPSA) is 29.5 Å². The molecule has 0 aromatic heterocycles. The van der Waals surface area contributed by atoms with Crippen LogP contribution in [-0.2, 0) is 0 Å². The van der Waals surface area contributed by atoms with Gasteiger partial charge in [0.15, 0.2) is 0 Å². The molecule has 0 N–H and O–H groups in total. The molecule has 0 spiro atoms. The predicted molar refractivity (Wildman–Crippen MR) is 83.7 cm³/mol. The Morgan fingerprint density at radius 3 is 2.10 bits per heavy atom. The van der Waals surface area contributed by atoms with E-state index in [0.29, 0.717) is 11.7 Å². The zero-order valence-electron chi connectivity index (χ0n) is 14.3. The molecule has 4 nitrogen and oxygen atoms in total. The summed E-state index contributed by atoms with van der Waals surface area (Å²) in [4.78, 5) is 14.1. The lowest BCUT2D eigenvalue weighted by atomic mass is 9.98. The quantitative estimate of drug-likeness (QED) is 0.538. The van der Waals surface area contributed by atoms with E-state index in [1.807, 2.05) is 27.1 Å². The number of hydrogen-bond acceptors (Lipinski definition) is 3. The monoisotopic (exact) mass is 406 g/mol. The summed E-state index contributed by atoms with van der Waals surface area (Å²) < 4.78 is 5.68. The zero-order chi connectivity index (χ0) is 15.7. The molecule has 5 heteroatoms. The van der Waals surface area contributed by atoms with E-state index in [0.717, 1.165) is 11.3 Å². The summed E-state index contributed by atoms with van der Waals surface area (Å²) in [6.45, 7) is 6.31. The van der Waals surface area contributed by atoms with Gasteiger partial charge in [-0.15, -0.1) is 0 Å². The number of rotatable bonds is 3. The summed E-state index contributed by atoms with van der Waals surface area (Å²) in [5, 5.41) is 0. The van der Waals surface area contributed by atoms with E-state index in [1.165, 1.54) is 5.56 Å². The molecule has 0 unspecified atom stereocenters. The lowest BCUT2D eigenvalue weighted by Crippen LogP contribution is -3.00. The molecule has 0 atom stereocenters. The van der Waals surface area contributed by atoms with Crippen molar-refractivity contribution in [3.63, 3.8) is 0 Å². The van der Waals surface area contributed by atoms with Crippen molar-refractivity contribution in [1.29, 1.82) is 0 Å². The Balaban J connectivity index is 0.00000400. The van der Waals surface area contributed by atoms with Crippen LogP contribution in [0.1, 0.15) is 30.9 Å². The number of halogens is 1. The Kier molecular flexibility index (Phi) is 7.15. The average Bonchev–Trinajstić information content (AvgIpc) is 2.29. The van der Waals surface area contributed by atoms with Gasteiger partial charge in [-0.1, -0.05) is 19.9 Å². The van der Waals surface area contributed by atoms with Crippen molar-refractivity contribution in [3.05, 3.63) is 23.3 Å². The van der Waals surface area contributed by atoms with Crippen molar-refractivity contribution in [2.45, 2.75) is 26.7 Å². The third kappa shape index (κ3) is 5.14. The molecule has 21 heavy (non-hydrogen) atoms. The second-order valence-electron chi connectivity index (χ2n) is 6.61. The SMILES string of the molecule is Cc1cc(C(C)C)c(N(C)C)cc1OC(=O)[N+](C)(C)C.[I-].